The molecule has 0 aromatic rings. The Hall–Kier alpha value is -3.37. The fourth-order valence-electron chi connectivity index (χ4n) is 6.74. The van der Waals surface area contributed by atoms with Crippen molar-refractivity contribution in [2.24, 2.45) is 41.4 Å². The summed E-state index contributed by atoms with van der Waals surface area (Å²) in [6, 6.07) is -2.54. The Morgan fingerprint density at radius 2 is 1.24 bits per heavy atom. The lowest BCUT2D eigenvalue weighted by Gasteiger charge is -2.32. The molecule has 4 rings (SSSR count). The number of ether oxygens (including phenoxy) is 2. The Balaban J connectivity index is 1.38. The van der Waals surface area contributed by atoms with Crippen molar-refractivity contribution < 1.29 is 33.4 Å². The molecule has 0 aromatic carbocycles. The number of hydrogen-bond acceptors (Lipinski definition) is 7. The Kier molecular flexibility index (Phi) is 8.84. The van der Waals surface area contributed by atoms with Crippen molar-refractivity contribution in [1.29, 1.82) is 0 Å². The highest BCUT2D eigenvalue weighted by Gasteiger charge is 2.51. The average molecular weight is 573 g/mol. The van der Waals surface area contributed by atoms with Gasteiger partial charge in [0, 0.05) is 6.04 Å². The lowest BCUT2D eigenvalue weighted by molar-refractivity contribution is -0.147. The van der Waals surface area contributed by atoms with Crippen LogP contribution < -0.4 is 21.3 Å². The van der Waals surface area contributed by atoms with E-state index < -0.39 is 59.6 Å². The van der Waals surface area contributed by atoms with E-state index in [1.165, 1.54) is 7.11 Å². The summed E-state index contributed by atoms with van der Waals surface area (Å²) >= 11 is 0. The third-order valence-electron chi connectivity index (χ3n) is 8.69. The average Bonchev–Trinajstić information content (AvgIpc) is 3.66. The van der Waals surface area contributed by atoms with Gasteiger partial charge in [0.15, 0.2) is 0 Å². The van der Waals surface area contributed by atoms with Gasteiger partial charge in [0.1, 0.15) is 17.7 Å². The topological polar surface area (TPSA) is 152 Å². The van der Waals surface area contributed by atoms with Gasteiger partial charge < -0.3 is 30.7 Å². The number of carbonyl (C=O) groups excluding carboxylic acids is 5. The third-order valence-corrected chi connectivity index (χ3v) is 8.69. The van der Waals surface area contributed by atoms with E-state index in [-0.39, 0.29) is 41.4 Å². The molecule has 0 unspecified atom stereocenters. The van der Waals surface area contributed by atoms with Gasteiger partial charge >= 0.3 is 12.1 Å². The largest absolute Gasteiger partial charge is 0.467 e. The monoisotopic (exact) mass is 572 g/mol. The molecule has 4 N–H and O–H groups in total. The number of alkyl carbamates (subject to hydrolysis) is 1. The summed E-state index contributed by atoms with van der Waals surface area (Å²) in [6.07, 6.45) is 8.91. The van der Waals surface area contributed by atoms with E-state index in [9.17, 15) is 24.0 Å². The third kappa shape index (κ3) is 6.59. The van der Waals surface area contributed by atoms with Crippen LogP contribution in [0.5, 0.6) is 0 Å². The minimum absolute atomic E-state index is 0.0173. The summed E-state index contributed by atoms with van der Waals surface area (Å²) in [5.41, 5.74) is -0.666. The maximum Gasteiger partial charge on any atom is 0.407 e. The standard InChI is InChI=1S/C30H44N4O7/c1-14(2)22(28(38)40-7)32-27(37)20-16-8-10-18(12-16)23(20)33-25(35)15(3)31-26(36)21-17-9-11-19(13-17)24(21)34-29(39)41-30(4,5)6/h8-11,14-24H,12-13H2,1-7H3,(H,31,36)(H,32,37)(H,33,35)(H,34,39)/t15-,16+,17+,18-,19-,20+,21+,22-,23+,24+/m0/s1. The van der Waals surface area contributed by atoms with Crippen LogP contribution in [0.3, 0.4) is 0 Å². The summed E-state index contributed by atoms with van der Waals surface area (Å²) in [4.78, 5) is 64.7. The molecule has 11 nitrogen and oxygen atoms in total. The highest BCUT2D eigenvalue weighted by Crippen LogP contribution is 2.45. The van der Waals surface area contributed by atoms with Gasteiger partial charge in [-0.3, -0.25) is 14.4 Å². The number of esters is 1. The Bertz CT molecular complexity index is 1130. The van der Waals surface area contributed by atoms with Crippen molar-refractivity contribution in [1.82, 2.24) is 21.3 Å². The first kappa shape index (κ1) is 30.6. The van der Waals surface area contributed by atoms with Crippen LogP contribution in [-0.2, 0) is 28.7 Å². The fourth-order valence-corrected chi connectivity index (χ4v) is 6.74. The minimum atomic E-state index is -0.863. The molecule has 10 atom stereocenters. The maximum absolute atomic E-state index is 13.4. The van der Waals surface area contributed by atoms with Gasteiger partial charge in [-0.15, -0.1) is 0 Å². The van der Waals surface area contributed by atoms with Crippen LogP contribution in [0, 0.1) is 41.4 Å². The molecule has 0 aliphatic heterocycles. The van der Waals surface area contributed by atoms with E-state index in [0.717, 1.165) is 12.8 Å². The van der Waals surface area contributed by atoms with Crippen molar-refractivity contribution in [3.8, 4) is 0 Å². The number of methoxy groups -OCH3 is 1. The van der Waals surface area contributed by atoms with Crippen LogP contribution in [0.25, 0.3) is 0 Å². The van der Waals surface area contributed by atoms with Crippen molar-refractivity contribution in [2.75, 3.05) is 7.11 Å². The molecule has 0 radical (unpaired) electrons. The molecule has 2 fully saturated rings. The Labute approximate surface area is 241 Å². The first-order chi connectivity index (χ1) is 19.2. The molecule has 4 aliphatic carbocycles. The second kappa shape index (κ2) is 11.9. The van der Waals surface area contributed by atoms with Gasteiger partial charge in [-0.1, -0.05) is 38.2 Å². The molecule has 0 saturated heterocycles. The van der Waals surface area contributed by atoms with E-state index in [4.69, 9.17) is 9.47 Å². The number of rotatable bonds is 9. The lowest BCUT2D eigenvalue weighted by Crippen LogP contribution is -2.57. The quantitative estimate of drug-likeness (QED) is 0.243. The molecular formula is C30H44N4O7. The Morgan fingerprint density at radius 1 is 0.756 bits per heavy atom. The van der Waals surface area contributed by atoms with Crippen molar-refractivity contribution in [2.45, 2.75) is 84.2 Å². The zero-order chi connectivity index (χ0) is 30.2. The molecule has 226 valence electrons. The van der Waals surface area contributed by atoms with Gasteiger partial charge in [-0.05, 0) is 70.1 Å². The van der Waals surface area contributed by atoms with Gasteiger partial charge in [0.2, 0.25) is 17.7 Å². The number of fused-ring (bicyclic) bond motifs is 4. The summed E-state index contributed by atoms with van der Waals surface area (Å²) in [5.74, 6) is -2.86. The predicted octanol–water partition coefficient (Wildman–Crippen LogP) is 1.83. The van der Waals surface area contributed by atoms with Crippen LogP contribution >= 0.6 is 0 Å². The van der Waals surface area contributed by atoms with Crippen LogP contribution in [0.4, 0.5) is 4.79 Å². The molecule has 0 spiro atoms. The van der Waals surface area contributed by atoms with Gasteiger partial charge in [0.05, 0.1) is 25.0 Å². The van der Waals surface area contributed by atoms with E-state index >= 15 is 0 Å². The summed E-state index contributed by atoms with van der Waals surface area (Å²) in [5, 5.41) is 11.5. The first-order valence-corrected chi connectivity index (χ1v) is 14.5. The second-order valence-electron chi connectivity index (χ2n) is 13.1. The van der Waals surface area contributed by atoms with E-state index in [1.807, 2.05) is 38.2 Å². The highest BCUT2D eigenvalue weighted by atomic mass is 16.6. The van der Waals surface area contributed by atoms with Crippen molar-refractivity contribution >= 4 is 29.8 Å². The summed E-state index contributed by atoms with van der Waals surface area (Å²) in [7, 11) is 1.28. The minimum Gasteiger partial charge on any atom is -0.467 e. The normalized spacial score (nSPS) is 32.4. The number of nitrogens with one attached hydrogen (secondary N) is 4. The van der Waals surface area contributed by atoms with Crippen LogP contribution in [0.1, 0.15) is 54.4 Å². The number of hydrogen-bond donors (Lipinski definition) is 4. The van der Waals surface area contributed by atoms with Gasteiger partial charge in [-0.25, -0.2) is 9.59 Å². The molecule has 4 amide bonds. The molecule has 4 bridgehead atoms. The van der Waals surface area contributed by atoms with Crippen LogP contribution in [-0.4, -0.2) is 66.7 Å². The van der Waals surface area contributed by atoms with Gasteiger partial charge in [0.25, 0.3) is 0 Å². The zero-order valence-corrected chi connectivity index (χ0v) is 24.9. The van der Waals surface area contributed by atoms with E-state index in [0.29, 0.717) is 0 Å². The second-order valence-corrected chi connectivity index (χ2v) is 13.1. The van der Waals surface area contributed by atoms with Crippen molar-refractivity contribution in [3.63, 3.8) is 0 Å². The van der Waals surface area contributed by atoms with Crippen LogP contribution in [0.2, 0.25) is 0 Å². The molecule has 2 saturated carbocycles. The molecule has 0 heterocycles. The van der Waals surface area contributed by atoms with Crippen LogP contribution in [0.15, 0.2) is 24.3 Å². The lowest BCUT2D eigenvalue weighted by atomic mass is 9.87. The first-order valence-electron chi connectivity index (χ1n) is 14.5. The summed E-state index contributed by atoms with van der Waals surface area (Å²) in [6.45, 7) is 10.6. The predicted molar refractivity (Wildman–Crippen MR) is 150 cm³/mol. The highest BCUT2D eigenvalue weighted by molar-refractivity contribution is 5.91. The fraction of sp³-hybridized carbons (Fsp3) is 0.700. The molecule has 11 heteroatoms. The van der Waals surface area contributed by atoms with E-state index in [1.54, 1.807) is 27.7 Å². The molecular weight excluding hydrogens is 528 g/mol. The maximum atomic E-state index is 13.4. The van der Waals surface area contributed by atoms with Gasteiger partial charge in [-0.2, -0.15) is 0 Å². The molecule has 4 aliphatic rings. The van der Waals surface area contributed by atoms with Crippen molar-refractivity contribution in [3.05, 3.63) is 24.3 Å². The number of carbonyl (C=O) groups is 5. The molecule has 0 aromatic heterocycles. The number of amides is 4. The molecule has 41 heavy (non-hydrogen) atoms. The summed E-state index contributed by atoms with van der Waals surface area (Å²) < 4.78 is 10.3. The number of allylic oxidation sites excluding steroid dienone is 2. The SMILES string of the molecule is COC(=O)[C@@H](NC(=O)[C@H]1[C@H](NC(=O)[C@H](C)NC(=O)[C@H]2[C@H](NC(=O)OC(C)(C)C)[C@H]3C=C[C@@H]2C3)[C@H]2C=C[C@@H]1C2)C(C)C. The Morgan fingerprint density at radius 3 is 1.73 bits per heavy atom. The smallest absolute Gasteiger partial charge is 0.407 e. The zero-order valence-electron chi connectivity index (χ0n) is 24.9. The van der Waals surface area contributed by atoms with E-state index in [2.05, 4.69) is 21.3 Å².